The normalized spacial score (nSPS) is 16.7. The number of amides is 2. The van der Waals surface area contributed by atoms with Crippen LogP contribution in [0.5, 0.6) is 0 Å². The Bertz CT molecular complexity index is 870. The van der Waals surface area contributed by atoms with Gasteiger partial charge in [-0.05, 0) is 43.5 Å². The zero-order valence-electron chi connectivity index (χ0n) is 14.7. The van der Waals surface area contributed by atoms with Crippen molar-refractivity contribution in [2.24, 2.45) is 0 Å². The predicted octanol–water partition coefficient (Wildman–Crippen LogP) is 2.22. The Morgan fingerprint density at radius 1 is 1.00 bits per heavy atom. The van der Waals surface area contributed by atoms with Gasteiger partial charge in [-0.3, -0.25) is 14.3 Å². The third-order valence-electron chi connectivity index (χ3n) is 5.12. The number of carbonyl (C=O) groups is 2. The van der Waals surface area contributed by atoms with Crippen molar-refractivity contribution in [1.82, 2.24) is 19.6 Å². The van der Waals surface area contributed by atoms with Crippen LogP contribution in [0.25, 0.3) is 0 Å². The second-order valence-corrected chi connectivity index (χ2v) is 6.93. The summed E-state index contributed by atoms with van der Waals surface area (Å²) < 4.78 is 15.6. The number of aryl methyl sites for hydroxylation is 1. The van der Waals surface area contributed by atoms with Gasteiger partial charge in [0.05, 0.1) is 18.8 Å². The summed E-state index contributed by atoms with van der Waals surface area (Å²) in [5, 5.41) is 4.42. The lowest BCUT2D eigenvalue weighted by Gasteiger charge is -2.27. The minimum absolute atomic E-state index is 0.0390. The molecule has 6 nitrogen and oxygen atoms in total. The Morgan fingerprint density at radius 3 is 2.50 bits per heavy atom. The van der Waals surface area contributed by atoms with Crippen molar-refractivity contribution >= 4 is 11.8 Å². The van der Waals surface area contributed by atoms with E-state index in [9.17, 15) is 14.0 Å². The van der Waals surface area contributed by atoms with Gasteiger partial charge in [-0.25, -0.2) is 4.39 Å². The van der Waals surface area contributed by atoms with E-state index in [0.29, 0.717) is 36.5 Å². The van der Waals surface area contributed by atoms with Crippen molar-refractivity contribution < 1.29 is 14.0 Å². The van der Waals surface area contributed by atoms with Crippen LogP contribution >= 0.6 is 0 Å². The molecular weight excluding hydrogens is 335 g/mol. The Labute approximate surface area is 151 Å². The summed E-state index contributed by atoms with van der Waals surface area (Å²) >= 11 is 0. The Balaban J connectivity index is 1.51. The molecule has 0 saturated carbocycles. The van der Waals surface area contributed by atoms with Gasteiger partial charge < -0.3 is 9.80 Å². The topological polar surface area (TPSA) is 58.4 Å². The van der Waals surface area contributed by atoms with Crippen LogP contribution in [-0.2, 0) is 13.1 Å². The van der Waals surface area contributed by atoms with Crippen molar-refractivity contribution in [3.05, 3.63) is 52.6 Å². The van der Waals surface area contributed by atoms with Crippen molar-refractivity contribution in [3.8, 4) is 0 Å². The Hall–Kier alpha value is -2.70. The number of carbonyl (C=O) groups excluding carboxylic acids is 2. The number of likely N-dealkylation sites (tertiary alicyclic amines) is 1. The molecule has 0 N–H and O–H groups in total. The maximum atomic E-state index is 13.8. The standard InChI is InChI=1S/C19H21FN4O2/c1-13-4-5-14(10-16(13)20)18(25)23-8-9-24-15(12-23)11-17(21-24)19(26)22-6-2-3-7-22/h4-5,10-11H,2-3,6-9,12H2,1H3. The Morgan fingerprint density at radius 2 is 1.77 bits per heavy atom. The molecule has 2 aliphatic heterocycles. The highest BCUT2D eigenvalue weighted by atomic mass is 19.1. The third kappa shape index (κ3) is 2.98. The number of fused-ring (bicyclic) bond motifs is 1. The first-order valence-electron chi connectivity index (χ1n) is 8.94. The number of aromatic nitrogens is 2. The molecule has 4 rings (SSSR count). The molecule has 0 unspecified atom stereocenters. The van der Waals surface area contributed by atoms with E-state index in [4.69, 9.17) is 0 Å². The lowest BCUT2D eigenvalue weighted by Crippen LogP contribution is -2.38. The van der Waals surface area contributed by atoms with Crippen LogP contribution in [0.15, 0.2) is 24.3 Å². The molecule has 0 bridgehead atoms. The van der Waals surface area contributed by atoms with E-state index in [2.05, 4.69) is 5.10 Å². The summed E-state index contributed by atoms with van der Waals surface area (Å²) in [5.41, 5.74) is 2.13. The minimum atomic E-state index is -0.378. The fourth-order valence-electron chi connectivity index (χ4n) is 3.53. The fraction of sp³-hybridized carbons (Fsp3) is 0.421. The van der Waals surface area contributed by atoms with Gasteiger partial charge >= 0.3 is 0 Å². The SMILES string of the molecule is Cc1ccc(C(=O)N2CCn3nc(C(=O)N4CCCC4)cc3C2)cc1F. The minimum Gasteiger partial charge on any atom is -0.337 e. The second kappa shape index (κ2) is 6.55. The number of hydrogen-bond donors (Lipinski definition) is 0. The number of benzene rings is 1. The van der Waals surface area contributed by atoms with Crippen LogP contribution in [0.4, 0.5) is 4.39 Å². The first kappa shape index (κ1) is 16.8. The van der Waals surface area contributed by atoms with E-state index in [1.807, 2.05) is 4.90 Å². The number of nitrogens with zero attached hydrogens (tertiary/aromatic N) is 4. The molecule has 1 saturated heterocycles. The van der Waals surface area contributed by atoms with Crippen LogP contribution in [0.1, 0.15) is 44.9 Å². The van der Waals surface area contributed by atoms with Crippen molar-refractivity contribution in [1.29, 1.82) is 0 Å². The zero-order chi connectivity index (χ0) is 18.3. The highest BCUT2D eigenvalue weighted by molar-refractivity contribution is 5.94. The summed E-state index contributed by atoms with van der Waals surface area (Å²) in [4.78, 5) is 28.7. The van der Waals surface area contributed by atoms with Gasteiger partial charge in [-0.1, -0.05) is 6.07 Å². The number of halogens is 1. The summed E-state index contributed by atoms with van der Waals surface area (Å²) in [5.74, 6) is -0.622. The van der Waals surface area contributed by atoms with E-state index in [1.165, 1.54) is 6.07 Å². The molecule has 136 valence electrons. The van der Waals surface area contributed by atoms with Gasteiger partial charge in [-0.2, -0.15) is 5.10 Å². The first-order chi connectivity index (χ1) is 12.5. The van der Waals surface area contributed by atoms with Gasteiger partial charge in [0.1, 0.15) is 5.82 Å². The maximum absolute atomic E-state index is 13.8. The summed E-state index contributed by atoms with van der Waals surface area (Å²) in [6.45, 7) is 4.62. The molecule has 0 spiro atoms. The quantitative estimate of drug-likeness (QED) is 0.829. The molecule has 2 aliphatic rings. The van der Waals surface area contributed by atoms with E-state index < -0.39 is 0 Å². The molecule has 1 aromatic heterocycles. The van der Waals surface area contributed by atoms with Gasteiger partial charge in [0.2, 0.25) is 0 Å². The number of rotatable bonds is 2. The van der Waals surface area contributed by atoms with Gasteiger partial charge in [0.25, 0.3) is 11.8 Å². The van der Waals surface area contributed by atoms with Crippen molar-refractivity contribution in [3.63, 3.8) is 0 Å². The van der Waals surface area contributed by atoms with Crippen LogP contribution in [0.3, 0.4) is 0 Å². The van der Waals surface area contributed by atoms with E-state index in [0.717, 1.165) is 31.6 Å². The average molecular weight is 356 g/mol. The van der Waals surface area contributed by atoms with Crippen LogP contribution < -0.4 is 0 Å². The van der Waals surface area contributed by atoms with E-state index >= 15 is 0 Å². The monoisotopic (exact) mass is 356 g/mol. The predicted molar refractivity (Wildman–Crippen MR) is 93.2 cm³/mol. The van der Waals surface area contributed by atoms with Crippen LogP contribution in [0.2, 0.25) is 0 Å². The molecule has 7 heteroatoms. The molecule has 0 atom stereocenters. The van der Waals surface area contributed by atoms with Gasteiger partial charge in [-0.15, -0.1) is 0 Å². The van der Waals surface area contributed by atoms with Crippen molar-refractivity contribution in [2.75, 3.05) is 19.6 Å². The highest BCUT2D eigenvalue weighted by Gasteiger charge is 2.27. The molecule has 3 heterocycles. The van der Waals surface area contributed by atoms with Gasteiger partial charge in [0, 0.05) is 25.2 Å². The highest BCUT2D eigenvalue weighted by Crippen LogP contribution is 2.19. The largest absolute Gasteiger partial charge is 0.337 e. The smallest absolute Gasteiger partial charge is 0.274 e. The molecule has 26 heavy (non-hydrogen) atoms. The fourth-order valence-corrected chi connectivity index (χ4v) is 3.53. The lowest BCUT2D eigenvalue weighted by molar-refractivity contribution is 0.0703. The third-order valence-corrected chi connectivity index (χ3v) is 5.12. The number of hydrogen-bond acceptors (Lipinski definition) is 3. The molecule has 1 fully saturated rings. The van der Waals surface area contributed by atoms with Crippen LogP contribution in [-0.4, -0.2) is 51.0 Å². The molecule has 2 amide bonds. The van der Waals surface area contributed by atoms with Gasteiger partial charge in [0.15, 0.2) is 5.69 Å². The first-order valence-corrected chi connectivity index (χ1v) is 8.94. The molecular formula is C19H21FN4O2. The van der Waals surface area contributed by atoms with Crippen LogP contribution in [0, 0.1) is 12.7 Å². The Kier molecular flexibility index (Phi) is 4.22. The molecule has 2 aromatic rings. The van der Waals surface area contributed by atoms with E-state index in [-0.39, 0.29) is 17.6 Å². The van der Waals surface area contributed by atoms with E-state index in [1.54, 1.807) is 34.7 Å². The average Bonchev–Trinajstić information content (AvgIpc) is 3.31. The maximum Gasteiger partial charge on any atom is 0.274 e. The molecule has 0 radical (unpaired) electrons. The molecule has 1 aromatic carbocycles. The molecule has 0 aliphatic carbocycles. The summed E-state index contributed by atoms with van der Waals surface area (Å²) in [6.07, 6.45) is 2.07. The summed E-state index contributed by atoms with van der Waals surface area (Å²) in [6, 6.07) is 6.32. The lowest BCUT2D eigenvalue weighted by atomic mass is 10.1. The van der Waals surface area contributed by atoms with Crippen molar-refractivity contribution in [2.45, 2.75) is 32.9 Å². The summed E-state index contributed by atoms with van der Waals surface area (Å²) in [7, 11) is 0. The second-order valence-electron chi connectivity index (χ2n) is 6.93. The zero-order valence-corrected chi connectivity index (χ0v) is 14.7.